The van der Waals surface area contributed by atoms with Gasteiger partial charge in [0.25, 0.3) is 0 Å². The van der Waals surface area contributed by atoms with Gasteiger partial charge in [-0.25, -0.2) is 4.79 Å². The van der Waals surface area contributed by atoms with Crippen molar-refractivity contribution in [2.45, 2.75) is 38.0 Å². The molecule has 1 amide bonds. The number of hydrogen-bond acceptors (Lipinski definition) is 4. The molecule has 1 heterocycles. The molecule has 4 N–H and O–H groups in total. The van der Waals surface area contributed by atoms with Crippen molar-refractivity contribution in [3.8, 4) is 0 Å². The highest BCUT2D eigenvalue weighted by atomic mass is 16.4. The molecule has 1 rings (SSSR count). The molecule has 3 atom stereocenters. The molecule has 1 fully saturated rings. The maximum atomic E-state index is 11.7. The van der Waals surface area contributed by atoms with Crippen LogP contribution in [0.4, 0.5) is 0 Å². The van der Waals surface area contributed by atoms with Crippen LogP contribution in [0.25, 0.3) is 0 Å². The van der Waals surface area contributed by atoms with E-state index in [9.17, 15) is 14.7 Å². The van der Waals surface area contributed by atoms with Gasteiger partial charge in [0.1, 0.15) is 6.04 Å². The third-order valence-corrected chi connectivity index (χ3v) is 2.60. The molecule has 6 nitrogen and oxygen atoms in total. The fraction of sp³-hybridized carbons (Fsp3) is 0.778. The highest BCUT2D eigenvalue weighted by Crippen LogP contribution is 2.19. The predicted octanol–water partition coefficient (Wildman–Crippen LogP) is -1.23. The first-order valence-electron chi connectivity index (χ1n) is 4.94. The summed E-state index contributed by atoms with van der Waals surface area (Å²) in [7, 11) is 0. The lowest BCUT2D eigenvalue weighted by Crippen LogP contribution is -2.48. The molecule has 6 heteroatoms. The Morgan fingerprint density at radius 2 is 2.20 bits per heavy atom. The molecule has 0 aromatic rings. The molecule has 1 saturated heterocycles. The lowest BCUT2D eigenvalue weighted by molar-refractivity contribution is -0.148. The van der Waals surface area contributed by atoms with Gasteiger partial charge < -0.3 is 20.8 Å². The van der Waals surface area contributed by atoms with Crippen molar-refractivity contribution in [1.29, 1.82) is 0 Å². The van der Waals surface area contributed by atoms with E-state index in [2.05, 4.69) is 0 Å². The third kappa shape index (κ3) is 2.45. The van der Waals surface area contributed by atoms with Gasteiger partial charge in [-0.2, -0.15) is 0 Å². The Hall–Kier alpha value is -1.14. The minimum Gasteiger partial charge on any atom is -0.480 e. The Morgan fingerprint density at radius 3 is 2.67 bits per heavy atom. The zero-order valence-corrected chi connectivity index (χ0v) is 8.59. The summed E-state index contributed by atoms with van der Waals surface area (Å²) < 4.78 is 0. The van der Waals surface area contributed by atoms with E-state index in [-0.39, 0.29) is 13.0 Å². The summed E-state index contributed by atoms with van der Waals surface area (Å²) in [4.78, 5) is 23.6. The summed E-state index contributed by atoms with van der Waals surface area (Å²) in [6, 6.07) is -1.62. The number of likely N-dealkylation sites (tertiary alicyclic amines) is 1. The topological polar surface area (TPSA) is 104 Å². The smallest absolute Gasteiger partial charge is 0.326 e. The second kappa shape index (κ2) is 4.59. The van der Waals surface area contributed by atoms with E-state index in [1.807, 2.05) is 0 Å². The molecular formula is C9H16N2O4. The van der Waals surface area contributed by atoms with Crippen LogP contribution in [0, 0.1) is 0 Å². The number of nitrogens with zero attached hydrogens (tertiary/aromatic N) is 1. The fourth-order valence-corrected chi connectivity index (χ4v) is 1.68. The van der Waals surface area contributed by atoms with E-state index >= 15 is 0 Å². The summed E-state index contributed by atoms with van der Waals surface area (Å²) >= 11 is 0. The number of nitrogens with two attached hydrogens (primary N) is 1. The Morgan fingerprint density at radius 1 is 1.60 bits per heavy atom. The van der Waals surface area contributed by atoms with Gasteiger partial charge in [0.15, 0.2) is 0 Å². The van der Waals surface area contributed by atoms with E-state index in [1.54, 1.807) is 6.92 Å². The van der Waals surface area contributed by atoms with Crippen molar-refractivity contribution >= 4 is 11.9 Å². The molecule has 0 aromatic carbocycles. The van der Waals surface area contributed by atoms with Gasteiger partial charge in [0.2, 0.25) is 5.91 Å². The van der Waals surface area contributed by atoms with Crippen LogP contribution in [0.15, 0.2) is 0 Å². The maximum Gasteiger partial charge on any atom is 0.326 e. The number of carboxylic acid groups (broad SMARTS) is 1. The molecule has 0 saturated carbocycles. The molecule has 0 spiro atoms. The van der Waals surface area contributed by atoms with E-state index in [1.165, 1.54) is 0 Å². The van der Waals surface area contributed by atoms with E-state index in [0.717, 1.165) is 4.90 Å². The molecule has 1 aliphatic heterocycles. The average Bonchev–Trinajstić information content (AvgIpc) is 2.58. The van der Waals surface area contributed by atoms with Crippen LogP contribution in [0.2, 0.25) is 0 Å². The van der Waals surface area contributed by atoms with Crippen LogP contribution in [0.5, 0.6) is 0 Å². The molecule has 1 aliphatic rings. The first kappa shape index (κ1) is 11.9. The minimum absolute atomic E-state index is 0.0590. The molecule has 15 heavy (non-hydrogen) atoms. The van der Waals surface area contributed by atoms with Gasteiger partial charge in [0, 0.05) is 13.0 Å². The molecule has 0 radical (unpaired) electrons. The van der Waals surface area contributed by atoms with Crippen LogP contribution in [0.1, 0.15) is 19.8 Å². The molecule has 86 valence electrons. The lowest BCUT2D eigenvalue weighted by atomic mass is 10.1. The Balaban J connectivity index is 2.75. The summed E-state index contributed by atoms with van der Waals surface area (Å²) in [6.45, 7) is 1.81. The van der Waals surface area contributed by atoms with Crippen LogP contribution in [0.3, 0.4) is 0 Å². The summed E-state index contributed by atoms with van der Waals surface area (Å²) in [5, 5.41) is 18.2. The monoisotopic (exact) mass is 216 g/mol. The number of carbonyl (C=O) groups excluding carboxylic acids is 1. The number of β-amino-alcohol motifs (C(OH)–C–C–N with tert-alkyl or cyclic N) is 1. The van der Waals surface area contributed by atoms with Gasteiger partial charge in [-0.15, -0.1) is 0 Å². The first-order chi connectivity index (χ1) is 6.97. The maximum absolute atomic E-state index is 11.7. The number of aliphatic carboxylic acids is 1. The molecule has 0 aliphatic carbocycles. The molecule has 0 unspecified atom stereocenters. The van der Waals surface area contributed by atoms with Crippen molar-refractivity contribution in [2.24, 2.45) is 5.73 Å². The predicted molar refractivity (Wildman–Crippen MR) is 52.0 cm³/mol. The second-order valence-corrected chi connectivity index (χ2v) is 3.75. The van der Waals surface area contributed by atoms with Crippen molar-refractivity contribution < 1.29 is 19.8 Å². The molecule has 0 aromatic heterocycles. The van der Waals surface area contributed by atoms with Gasteiger partial charge in [-0.3, -0.25) is 4.79 Å². The Bertz CT molecular complexity index is 269. The van der Waals surface area contributed by atoms with Gasteiger partial charge in [0.05, 0.1) is 12.1 Å². The lowest BCUT2D eigenvalue weighted by Gasteiger charge is -2.23. The average molecular weight is 216 g/mol. The number of amides is 1. The highest BCUT2D eigenvalue weighted by molar-refractivity contribution is 5.87. The number of carbonyl (C=O) groups is 2. The van der Waals surface area contributed by atoms with Crippen molar-refractivity contribution in [1.82, 2.24) is 4.90 Å². The van der Waals surface area contributed by atoms with Crippen LogP contribution in [-0.4, -0.2) is 51.7 Å². The second-order valence-electron chi connectivity index (χ2n) is 3.75. The SMILES string of the molecule is CC[C@@H](N)C(=O)N1C[C@H](O)C[C@@H]1C(=O)O. The largest absolute Gasteiger partial charge is 0.480 e. The highest BCUT2D eigenvalue weighted by Gasteiger charge is 2.39. The van der Waals surface area contributed by atoms with E-state index < -0.39 is 30.1 Å². The minimum atomic E-state index is -1.09. The zero-order valence-electron chi connectivity index (χ0n) is 8.59. The number of aliphatic hydroxyl groups is 1. The summed E-state index contributed by atoms with van der Waals surface area (Å²) in [6.07, 6.45) is -0.228. The van der Waals surface area contributed by atoms with Gasteiger partial charge in [-0.05, 0) is 6.42 Å². The summed E-state index contributed by atoms with van der Waals surface area (Å²) in [5.74, 6) is -1.50. The normalized spacial score (nSPS) is 27.8. The van der Waals surface area contributed by atoms with Crippen molar-refractivity contribution in [3.63, 3.8) is 0 Å². The summed E-state index contributed by atoms with van der Waals surface area (Å²) in [5.41, 5.74) is 5.54. The molecular weight excluding hydrogens is 200 g/mol. The first-order valence-corrected chi connectivity index (χ1v) is 4.94. The van der Waals surface area contributed by atoms with Crippen molar-refractivity contribution in [3.05, 3.63) is 0 Å². The van der Waals surface area contributed by atoms with Gasteiger partial charge >= 0.3 is 5.97 Å². The Labute approximate surface area is 87.7 Å². The molecule has 0 bridgehead atoms. The Kier molecular flexibility index (Phi) is 3.65. The van der Waals surface area contributed by atoms with Crippen molar-refractivity contribution in [2.75, 3.05) is 6.54 Å². The van der Waals surface area contributed by atoms with Crippen LogP contribution < -0.4 is 5.73 Å². The van der Waals surface area contributed by atoms with Crippen LogP contribution in [-0.2, 0) is 9.59 Å². The number of rotatable bonds is 3. The van der Waals surface area contributed by atoms with Crippen LogP contribution >= 0.6 is 0 Å². The number of hydrogen-bond donors (Lipinski definition) is 3. The zero-order chi connectivity index (χ0) is 11.6. The number of carboxylic acids is 1. The standard InChI is InChI=1S/C9H16N2O4/c1-2-6(10)8(13)11-4-5(12)3-7(11)9(14)15/h5-7,12H,2-4,10H2,1H3,(H,14,15)/t5-,6-,7-/m1/s1. The quantitative estimate of drug-likeness (QED) is 0.548. The van der Waals surface area contributed by atoms with E-state index in [0.29, 0.717) is 6.42 Å². The number of aliphatic hydroxyl groups excluding tert-OH is 1. The van der Waals surface area contributed by atoms with E-state index in [4.69, 9.17) is 10.8 Å². The third-order valence-electron chi connectivity index (χ3n) is 2.60. The fourth-order valence-electron chi connectivity index (χ4n) is 1.68. The van der Waals surface area contributed by atoms with Gasteiger partial charge in [-0.1, -0.05) is 6.92 Å².